The lowest BCUT2D eigenvalue weighted by molar-refractivity contribution is 0.0975. The number of aromatic nitrogens is 2. The third-order valence-electron chi connectivity index (χ3n) is 2.55. The van der Waals surface area contributed by atoms with Crippen molar-refractivity contribution in [2.24, 2.45) is 0 Å². The SMILES string of the molecule is CCN1CC(n2nccc2C=O)C1. The molecule has 1 aliphatic heterocycles. The second kappa shape index (κ2) is 3.30. The average molecular weight is 179 g/mol. The Bertz CT molecular complexity index is 302. The van der Waals surface area contributed by atoms with Gasteiger partial charge in [-0.15, -0.1) is 0 Å². The topological polar surface area (TPSA) is 38.1 Å². The Morgan fingerprint density at radius 2 is 2.46 bits per heavy atom. The maximum absolute atomic E-state index is 10.6. The van der Waals surface area contributed by atoms with Gasteiger partial charge in [0.15, 0.2) is 6.29 Å². The first-order valence-corrected chi connectivity index (χ1v) is 4.56. The summed E-state index contributed by atoms with van der Waals surface area (Å²) in [5.41, 5.74) is 0.681. The lowest BCUT2D eigenvalue weighted by Crippen LogP contribution is -2.48. The van der Waals surface area contributed by atoms with Gasteiger partial charge in [-0.1, -0.05) is 6.92 Å². The van der Waals surface area contributed by atoms with Gasteiger partial charge in [-0.3, -0.25) is 14.4 Å². The van der Waals surface area contributed by atoms with Gasteiger partial charge in [-0.25, -0.2) is 0 Å². The molecule has 70 valence electrons. The second-order valence-corrected chi connectivity index (χ2v) is 3.32. The quantitative estimate of drug-likeness (QED) is 0.637. The van der Waals surface area contributed by atoms with E-state index in [2.05, 4.69) is 16.9 Å². The van der Waals surface area contributed by atoms with E-state index in [4.69, 9.17) is 0 Å². The fourth-order valence-electron chi connectivity index (χ4n) is 1.68. The Kier molecular flexibility index (Phi) is 2.14. The number of carbonyl (C=O) groups is 1. The van der Waals surface area contributed by atoms with Crippen molar-refractivity contribution >= 4 is 6.29 Å². The summed E-state index contributed by atoms with van der Waals surface area (Å²) in [6.45, 7) is 5.24. The fourth-order valence-corrected chi connectivity index (χ4v) is 1.68. The van der Waals surface area contributed by atoms with Crippen LogP contribution in [-0.2, 0) is 0 Å². The highest BCUT2D eigenvalue weighted by Crippen LogP contribution is 2.20. The summed E-state index contributed by atoms with van der Waals surface area (Å²) in [7, 11) is 0. The summed E-state index contributed by atoms with van der Waals surface area (Å²) in [5.74, 6) is 0. The van der Waals surface area contributed by atoms with Crippen molar-refractivity contribution in [1.82, 2.24) is 14.7 Å². The molecule has 0 radical (unpaired) electrons. The number of nitrogens with zero attached hydrogens (tertiary/aromatic N) is 3. The van der Waals surface area contributed by atoms with Crippen molar-refractivity contribution in [1.29, 1.82) is 0 Å². The third-order valence-corrected chi connectivity index (χ3v) is 2.55. The minimum absolute atomic E-state index is 0.398. The molecule has 0 aliphatic carbocycles. The first-order valence-electron chi connectivity index (χ1n) is 4.56. The van der Waals surface area contributed by atoms with Crippen molar-refractivity contribution in [3.8, 4) is 0 Å². The van der Waals surface area contributed by atoms with Gasteiger partial charge in [-0.05, 0) is 12.6 Å². The highest BCUT2D eigenvalue weighted by molar-refractivity contribution is 5.71. The molecule has 1 fully saturated rings. The van der Waals surface area contributed by atoms with Crippen molar-refractivity contribution < 1.29 is 4.79 Å². The Hall–Kier alpha value is -1.16. The smallest absolute Gasteiger partial charge is 0.168 e. The fraction of sp³-hybridized carbons (Fsp3) is 0.556. The van der Waals surface area contributed by atoms with Crippen LogP contribution in [0.5, 0.6) is 0 Å². The zero-order valence-electron chi connectivity index (χ0n) is 7.68. The summed E-state index contributed by atoms with van der Waals surface area (Å²) in [6, 6.07) is 2.15. The lowest BCUT2D eigenvalue weighted by Gasteiger charge is -2.38. The Morgan fingerprint density at radius 3 is 3.08 bits per heavy atom. The van der Waals surface area contributed by atoms with Gasteiger partial charge < -0.3 is 0 Å². The minimum atomic E-state index is 0.398. The molecular formula is C9H13N3O. The first-order chi connectivity index (χ1) is 6.35. The highest BCUT2D eigenvalue weighted by Gasteiger charge is 2.28. The molecule has 0 atom stereocenters. The van der Waals surface area contributed by atoms with Crippen LogP contribution in [0.4, 0.5) is 0 Å². The molecule has 0 aromatic carbocycles. The van der Waals surface area contributed by atoms with Crippen molar-refractivity contribution in [3.05, 3.63) is 18.0 Å². The maximum atomic E-state index is 10.6. The maximum Gasteiger partial charge on any atom is 0.168 e. The molecule has 0 spiro atoms. The minimum Gasteiger partial charge on any atom is -0.299 e. The van der Waals surface area contributed by atoms with E-state index in [1.54, 1.807) is 12.3 Å². The van der Waals surface area contributed by atoms with Gasteiger partial charge in [0, 0.05) is 19.3 Å². The van der Waals surface area contributed by atoms with E-state index in [0.29, 0.717) is 11.7 Å². The third kappa shape index (κ3) is 1.37. The Balaban J connectivity index is 2.06. The van der Waals surface area contributed by atoms with E-state index in [9.17, 15) is 4.79 Å². The van der Waals surface area contributed by atoms with Crippen molar-refractivity contribution in [3.63, 3.8) is 0 Å². The molecule has 2 heterocycles. The zero-order valence-corrected chi connectivity index (χ0v) is 7.68. The Morgan fingerprint density at radius 1 is 1.69 bits per heavy atom. The van der Waals surface area contributed by atoms with E-state index in [-0.39, 0.29) is 0 Å². The molecule has 1 aliphatic rings. The van der Waals surface area contributed by atoms with Crippen LogP contribution in [0.3, 0.4) is 0 Å². The van der Waals surface area contributed by atoms with E-state index in [1.165, 1.54) is 0 Å². The molecule has 13 heavy (non-hydrogen) atoms. The molecule has 4 heteroatoms. The second-order valence-electron chi connectivity index (χ2n) is 3.32. The predicted octanol–water partition coefficient (Wildman–Crippen LogP) is 0.572. The van der Waals surface area contributed by atoms with E-state index >= 15 is 0 Å². The van der Waals surface area contributed by atoms with E-state index in [0.717, 1.165) is 25.9 Å². The number of hydrogen-bond acceptors (Lipinski definition) is 3. The van der Waals surface area contributed by atoms with Crippen LogP contribution in [0, 0.1) is 0 Å². The molecule has 0 N–H and O–H groups in total. The van der Waals surface area contributed by atoms with Gasteiger partial charge in [0.1, 0.15) is 5.69 Å². The average Bonchev–Trinajstić information content (AvgIpc) is 2.50. The molecular weight excluding hydrogens is 166 g/mol. The van der Waals surface area contributed by atoms with Gasteiger partial charge in [0.2, 0.25) is 0 Å². The van der Waals surface area contributed by atoms with E-state index < -0.39 is 0 Å². The standard InChI is InChI=1S/C9H13N3O/c1-2-11-5-9(6-11)12-8(7-13)3-4-10-12/h3-4,7,9H,2,5-6H2,1H3. The molecule has 2 rings (SSSR count). The molecule has 1 aromatic rings. The molecule has 1 aromatic heterocycles. The predicted molar refractivity (Wildman–Crippen MR) is 48.8 cm³/mol. The van der Waals surface area contributed by atoms with Gasteiger partial charge in [0.05, 0.1) is 6.04 Å². The number of rotatable bonds is 3. The van der Waals surface area contributed by atoms with Crippen molar-refractivity contribution in [2.45, 2.75) is 13.0 Å². The van der Waals surface area contributed by atoms with Crippen LogP contribution < -0.4 is 0 Å². The lowest BCUT2D eigenvalue weighted by atomic mass is 10.1. The van der Waals surface area contributed by atoms with Crippen LogP contribution in [0.1, 0.15) is 23.5 Å². The zero-order chi connectivity index (χ0) is 9.26. The summed E-state index contributed by atoms with van der Waals surface area (Å²) < 4.78 is 1.82. The van der Waals surface area contributed by atoms with Crippen LogP contribution in [0.15, 0.2) is 12.3 Å². The van der Waals surface area contributed by atoms with Crippen LogP contribution in [0.25, 0.3) is 0 Å². The number of aldehydes is 1. The number of hydrogen-bond donors (Lipinski definition) is 0. The Labute approximate surface area is 77.1 Å². The normalized spacial score (nSPS) is 18.5. The van der Waals surface area contributed by atoms with E-state index in [1.807, 2.05) is 4.68 Å². The summed E-state index contributed by atoms with van der Waals surface area (Å²) in [5, 5.41) is 4.14. The van der Waals surface area contributed by atoms with Gasteiger partial charge in [0.25, 0.3) is 0 Å². The molecule has 0 bridgehead atoms. The summed E-state index contributed by atoms with van der Waals surface area (Å²) in [4.78, 5) is 12.9. The van der Waals surface area contributed by atoms with Gasteiger partial charge >= 0.3 is 0 Å². The molecule has 0 unspecified atom stereocenters. The number of likely N-dealkylation sites (tertiary alicyclic amines) is 1. The number of likely N-dealkylation sites (N-methyl/N-ethyl adjacent to an activating group) is 1. The van der Waals surface area contributed by atoms with Crippen LogP contribution in [-0.4, -0.2) is 40.6 Å². The molecule has 1 saturated heterocycles. The van der Waals surface area contributed by atoms with Gasteiger partial charge in [-0.2, -0.15) is 5.10 Å². The highest BCUT2D eigenvalue weighted by atomic mass is 16.1. The molecule has 4 nitrogen and oxygen atoms in total. The van der Waals surface area contributed by atoms with Crippen LogP contribution >= 0.6 is 0 Å². The molecule has 0 amide bonds. The summed E-state index contributed by atoms with van der Waals surface area (Å²) >= 11 is 0. The monoisotopic (exact) mass is 179 g/mol. The van der Waals surface area contributed by atoms with Crippen molar-refractivity contribution in [2.75, 3.05) is 19.6 Å². The summed E-state index contributed by atoms with van der Waals surface area (Å²) in [6.07, 6.45) is 2.54. The first kappa shape index (κ1) is 8.44. The van der Waals surface area contributed by atoms with Crippen LogP contribution in [0.2, 0.25) is 0 Å². The number of carbonyl (C=O) groups excluding carboxylic acids is 1. The largest absolute Gasteiger partial charge is 0.299 e. The molecule has 0 saturated carbocycles.